The highest BCUT2D eigenvalue weighted by Gasteiger charge is 2.22. The number of rotatable bonds is 4. The van der Waals surface area contributed by atoms with E-state index in [2.05, 4.69) is 41.1 Å². The number of thiophene rings is 1. The normalized spacial score (nSPS) is 14.6. The molecule has 25 heavy (non-hydrogen) atoms. The predicted octanol–water partition coefficient (Wildman–Crippen LogP) is 2.42. The van der Waals surface area contributed by atoms with E-state index < -0.39 is 0 Å². The van der Waals surface area contributed by atoms with Gasteiger partial charge in [-0.1, -0.05) is 13.8 Å². The van der Waals surface area contributed by atoms with E-state index in [1.54, 1.807) is 17.4 Å². The Balaban J connectivity index is 1.54. The Hall–Kier alpha value is -2.46. The Labute approximate surface area is 151 Å². The van der Waals surface area contributed by atoms with Crippen molar-refractivity contribution in [1.29, 1.82) is 5.26 Å². The summed E-state index contributed by atoms with van der Waals surface area (Å²) in [6.07, 6.45) is 0.480. The first-order valence-electron chi connectivity index (χ1n) is 8.42. The van der Waals surface area contributed by atoms with E-state index in [1.165, 1.54) is 4.88 Å². The van der Waals surface area contributed by atoms with E-state index in [4.69, 9.17) is 5.26 Å². The zero-order valence-corrected chi connectivity index (χ0v) is 15.3. The molecule has 1 aliphatic rings. The number of hydrogen-bond donors (Lipinski definition) is 0. The molecule has 7 heteroatoms. The number of hydrogen-bond acceptors (Lipinski definition) is 6. The van der Waals surface area contributed by atoms with Crippen molar-refractivity contribution in [2.75, 3.05) is 31.1 Å². The molecule has 1 aliphatic heterocycles. The monoisotopic (exact) mass is 355 g/mol. The van der Waals surface area contributed by atoms with Gasteiger partial charge < -0.3 is 9.80 Å². The largest absolute Gasteiger partial charge is 0.352 e. The number of nitrogens with zero attached hydrogens (tertiary/aromatic N) is 5. The molecule has 0 bridgehead atoms. The molecule has 0 N–H and O–H groups in total. The number of carbonyl (C=O) groups is 1. The maximum atomic E-state index is 12.5. The molecular weight excluding hydrogens is 334 g/mol. The van der Waals surface area contributed by atoms with Crippen LogP contribution in [0.15, 0.2) is 24.3 Å². The molecule has 3 rings (SSSR count). The SMILES string of the molecule is CC(C)c1ccc(CC(=O)N2CCN(c3ccc(C#N)nn3)CC2)s1. The van der Waals surface area contributed by atoms with Crippen molar-refractivity contribution in [3.8, 4) is 6.07 Å². The Kier molecular flexibility index (Phi) is 5.29. The van der Waals surface area contributed by atoms with E-state index in [-0.39, 0.29) is 5.91 Å². The molecule has 0 spiro atoms. The summed E-state index contributed by atoms with van der Waals surface area (Å²) < 4.78 is 0. The quantitative estimate of drug-likeness (QED) is 0.842. The summed E-state index contributed by atoms with van der Waals surface area (Å²) in [5, 5.41) is 16.7. The molecule has 0 atom stereocenters. The molecule has 1 fully saturated rings. The van der Waals surface area contributed by atoms with Gasteiger partial charge >= 0.3 is 0 Å². The average molecular weight is 355 g/mol. The Bertz CT molecular complexity index is 770. The lowest BCUT2D eigenvalue weighted by Gasteiger charge is -2.35. The summed E-state index contributed by atoms with van der Waals surface area (Å²) in [7, 11) is 0. The van der Waals surface area contributed by atoms with Gasteiger partial charge in [-0.25, -0.2) is 0 Å². The molecule has 0 aliphatic carbocycles. The summed E-state index contributed by atoms with van der Waals surface area (Å²) >= 11 is 1.73. The standard InChI is InChI=1S/C18H21N5OS/c1-13(2)16-5-4-15(25-16)11-18(24)23-9-7-22(8-10-23)17-6-3-14(12-19)20-21-17/h3-6,13H,7-11H2,1-2H3. The second kappa shape index (κ2) is 7.62. The van der Waals surface area contributed by atoms with E-state index in [9.17, 15) is 4.79 Å². The lowest BCUT2D eigenvalue weighted by Crippen LogP contribution is -2.49. The molecule has 3 heterocycles. The van der Waals surface area contributed by atoms with Crippen LogP contribution in [0.2, 0.25) is 0 Å². The molecule has 0 unspecified atom stereocenters. The second-order valence-electron chi connectivity index (χ2n) is 6.39. The van der Waals surface area contributed by atoms with Gasteiger partial charge in [-0.2, -0.15) is 5.26 Å². The maximum Gasteiger partial charge on any atom is 0.227 e. The number of carbonyl (C=O) groups excluding carboxylic acids is 1. The first-order valence-corrected chi connectivity index (χ1v) is 9.23. The van der Waals surface area contributed by atoms with Gasteiger partial charge in [0.25, 0.3) is 0 Å². The van der Waals surface area contributed by atoms with Crippen LogP contribution in [-0.4, -0.2) is 47.2 Å². The maximum absolute atomic E-state index is 12.5. The van der Waals surface area contributed by atoms with Crippen LogP contribution in [-0.2, 0) is 11.2 Å². The molecule has 1 saturated heterocycles. The molecule has 2 aromatic rings. The third-order valence-corrected chi connectivity index (χ3v) is 5.68. The third-order valence-electron chi connectivity index (χ3n) is 4.30. The fraction of sp³-hybridized carbons (Fsp3) is 0.444. The van der Waals surface area contributed by atoms with E-state index in [0.717, 1.165) is 23.8 Å². The predicted molar refractivity (Wildman–Crippen MR) is 97.7 cm³/mol. The van der Waals surface area contributed by atoms with E-state index in [1.807, 2.05) is 17.0 Å². The van der Waals surface area contributed by atoms with Crippen LogP contribution in [0.5, 0.6) is 0 Å². The number of amides is 1. The highest BCUT2D eigenvalue weighted by Crippen LogP contribution is 2.25. The second-order valence-corrected chi connectivity index (χ2v) is 7.59. The topological polar surface area (TPSA) is 73.1 Å². The summed E-state index contributed by atoms with van der Waals surface area (Å²) in [4.78, 5) is 19.0. The van der Waals surface area contributed by atoms with Crippen molar-refractivity contribution in [1.82, 2.24) is 15.1 Å². The van der Waals surface area contributed by atoms with Crippen molar-refractivity contribution in [2.24, 2.45) is 0 Å². The van der Waals surface area contributed by atoms with Crippen molar-refractivity contribution in [3.63, 3.8) is 0 Å². The summed E-state index contributed by atoms with van der Waals surface area (Å²) in [6.45, 7) is 7.17. The van der Waals surface area contributed by atoms with Crippen molar-refractivity contribution in [2.45, 2.75) is 26.2 Å². The van der Waals surface area contributed by atoms with Gasteiger partial charge in [-0.3, -0.25) is 4.79 Å². The van der Waals surface area contributed by atoms with Crippen molar-refractivity contribution >= 4 is 23.1 Å². The van der Waals surface area contributed by atoms with Crippen LogP contribution >= 0.6 is 11.3 Å². The molecule has 0 aromatic carbocycles. The molecule has 0 saturated carbocycles. The van der Waals surface area contributed by atoms with E-state index in [0.29, 0.717) is 31.1 Å². The van der Waals surface area contributed by atoms with Gasteiger partial charge in [0.15, 0.2) is 11.5 Å². The van der Waals surface area contributed by atoms with Crippen molar-refractivity contribution in [3.05, 3.63) is 39.7 Å². The first kappa shape index (κ1) is 17.4. The molecule has 1 amide bonds. The zero-order valence-electron chi connectivity index (χ0n) is 14.5. The molecule has 0 radical (unpaired) electrons. The van der Waals surface area contributed by atoms with Crippen LogP contribution in [0.25, 0.3) is 0 Å². The molecular formula is C18H21N5OS. The molecule has 130 valence electrons. The summed E-state index contributed by atoms with van der Waals surface area (Å²) in [6, 6.07) is 9.64. The smallest absolute Gasteiger partial charge is 0.227 e. The number of nitriles is 1. The van der Waals surface area contributed by atoms with Crippen LogP contribution in [0.4, 0.5) is 5.82 Å². The van der Waals surface area contributed by atoms with Crippen LogP contribution in [0, 0.1) is 11.3 Å². The fourth-order valence-electron chi connectivity index (χ4n) is 2.80. The van der Waals surface area contributed by atoms with Gasteiger partial charge in [-0.05, 0) is 30.2 Å². The van der Waals surface area contributed by atoms with Gasteiger partial charge in [0, 0.05) is 35.9 Å². The first-order chi connectivity index (χ1) is 12.1. The van der Waals surface area contributed by atoms with Crippen LogP contribution < -0.4 is 4.90 Å². The molecule has 6 nitrogen and oxygen atoms in total. The zero-order chi connectivity index (χ0) is 17.8. The summed E-state index contributed by atoms with van der Waals surface area (Å²) in [5.74, 6) is 1.44. The highest BCUT2D eigenvalue weighted by atomic mass is 32.1. The van der Waals surface area contributed by atoms with Crippen molar-refractivity contribution < 1.29 is 4.79 Å². The lowest BCUT2D eigenvalue weighted by atomic mass is 10.2. The third kappa shape index (κ3) is 4.15. The van der Waals surface area contributed by atoms with Gasteiger partial charge in [0.2, 0.25) is 5.91 Å². The summed E-state index contributed by atoms with van der Waals surface area (Å²) in [5.41, 5.74) is 0.314. The number of anilines is 1. The van der Waals surface area contributed by atoms with Gasteiger partial charge in [0.1, 0.15) is 6.07 Å². The fourth-order valence-corrected chi connectivity index (χ4v) is 3.81. The van der Waals surface area contributed by atoms with Crippen LogP contribution in [0.1, 0.15) is 35.2 Å². The molecule has 2 aromatic heterocycles. The Morgan fingerprint density at radius 2 is 1.96 bits per heavy atom. The minimum absolute atomic E-state index is 0.183. The minimum Gasteiger partial charge on any atom is -0.352 e. The van der Waals surface area contributed by atoms with E-state index >= 15 is 0 Å². The number of aromatic nitrogens is 2. The van der Waals surface area contributed by atoms with Gasteiger partial charge in [-0.15, -0.1) is 21.5 Å². The Morgan fingerprint density at radius 1 is 1.20 bits per heavy atom. The average Bonchev–Trinajstić information content (AvgIpc) is 3.11. The number of piperazine rings is 1. The van der Waals surface area contributed by atoms with Crippen LogP contribution in [0.3, 0.4) is 0 Å². The Morgan fingerprint density at radius 3 is 2.52 bits per heavy atom. The minimum atomic E-state index is 0.183. The lowest BCUT2D eigenvalue weighted by molar-refractivity contribution is -0.130. The van der Waals surface area contributed by atoms with Gasteiger partial charge in [0.05, 0.1) is 6.42 Å². The highest BCUT2D eigenvalue weighted by molar-refractivity contribution is 7.12.